The summed E-state index contributed by atoms with van der Waals surface area (Å²) in [5.74, 6) is -1.99. The van der Waals surface area contributed by atoms with Crippen molar-refractivity contribution in [2.24, 2.45) is 0 Å². The molecule has 2 aromatic carbocycles. The molecule has 3 atom stereocenters. The Hall–Kier alpha value is -2.82. The molecular weight excluding hydrogens is 455 g/mol. The highest BCUT2D eigenvalue weighted by Crippen LogP contribution is 2.39. The van der Waals surface area contributed by atoms with Gasteiger partial charge in [0.25, 0.3) is 0 Å². The van der Waals surface area contributed by atoms with Gasteiger partial charge in [-0.15, -0.1) is 0 Å². The second-order valence-corrected chi connectivity index (χ2v) is 8.11. The number of nitrogen functional groups attached to an aromatic ring is 1. The lowest BCUT2D eigenvalue weighted by Crippen LogP contribution is -2.46. The van der Waals surface area contributed by atoms with E-state index in [-0.39, 0.29) is 30.4 Å². The monoisotopic (exact) mass is 477 g/mol. The molecule has 1 heterocycles. The third-order valence-electron chi connectivity index (χ3n) is 5.58. The van der Waals surface area contributed by atoms with E-state index in [9.17, 15) is 30.7 Å². The minimum atomic E-state index is -4.86. The summed E-state index contributed by atoms with van der Waals surface area (Å²) < 4.78 is 97.1. The molecule has 1 saturated heterocycles. The number of anilines is 1. The molecule has 4 N–H and O–H groups in total. The van der Waals surface area contributed by atoms with Gasteiger partial charge >= 0.3 is 12.4 Å². The first-order valence-corrected chi connectivity index (χ1v) is 10.1. The van der Waals surface area contributed by atoms with Gasteiger partial charge in [-0.2, -0.15) is 30.7 Å². The number of nitrogens with two attached hydrogens (primary N) is 1. The molecule has 0 radical (unpaired) electrons. The highest BCUT2D eigenvalue weighted by molar-refractivity contribution is 5.97. The van der Waals surface area contributed by atoms with Crippen molar-refractivity contribution in [3.8, 4) is 5.75 Å². The van der Waals surface area contributed by atoms with Crippen LogP contribution in [0, 0.1) is 5.41 Å². The van der Waals surface area contributed by atoms with E-state index < -0.39 is 40.7 Å². The van der Waals surface area contributed by atoms with Crippen LogP contribution < -0.4 is 15.8 Å². The quantitative estimate of drug-likeness (QED) is 0.285. The standard InChI is InChI=1S/C22H22F7N3O/c1-11-6-13(12-2-4-14(5-3-12)21(24,25)26)7-15(32-11)10-33-16-8-17(20(23)31)19(30)18(9-16)22(27,28)29/h2-5,8-9,11,13,15,31-32H,6-7,10,30H2,1H3. The van der Waals surface area contributed by atoms with E-state index in [1.54, 1.807) is 0 Å². The smallest absolute Gasteiger partial charge is 0.418 e. The van der Waals surface area contributed by atoms with Crippen molar-refractivity contribution in [3.05, 3.63) is 58.7 Å². The number of piperidine rings is 1. The molecule has 0 amide bonds. The van der Waals surface area contributed by atoms with Gasteiger partial charge in [0, 0.05) is 12.1 Å². The number of halogens is 7. The van der Waals surface area contributed by atoms with Crippen LogP contribution in [0.1, 0.15) is 47.9 Å². The molecule has 3 unspecified atom stereocenters. The fraction of sp³-hybridized carbons (Fsp3) is 0.409. The van der Waals surface area contributed by atoms with Gasteiger partial charge in [-0.1, -0.05) is 12.1 Å². The molecule has 1 fully saturated rings. The molecule has 0 aromatic heterocycles. The minimum absolute atomic E-state index is 0.0219. The van der Waals surface area contributed by atoms with Crippen molar-refractivity contribution in [2.45, 2.75) is 50.1 Å². The number of alkyl halides is 6. The maximum atomic E-state index is 13.4. The number of rotatable bonds is 5. The Kier molecular flexibility index (Phi) is 6.92. The average molecular weight is 477 g/mol. The summed E-state index contributed by atoms with van der Waals surface area (Å²) in [5, 5.41) is 10.3. The highest BCUT2D eigenvalue weighted by Gasteiger charge is 2.36. The molecule has 1 aliphatic rings. The van der Waals surface area contributed by atoms with E-state index in [0.717, 1.165) is 23.8 Å². The Morgan fingerprint density at radius 1 is 1.06 bits per heavy atom. The molecular formula is C22H22F7N3O. The van der Waals surface area contributed by atoms with Crippen LogP contribution in [-0.2, 0) is 12.4 Å². The van der Waals surface area contributed by atoms with E-state index in [1.165, 1.54) is 12.1 Å². The third kappa shape index (κ3) is 5.95. The van der Waals surface area contributed by atoms with E-state index in [1.807, 2.05) is 6.92 Å². The zero-order valence-corrected chi connectivity index (χ0v) is 17.4. The third-order valence-corrected chi connectivity index (χ3v) is 5.58. The lowest BCUT2D eigenvalue weighted by atomic mass is 9.83. The van der Waals surface area contributed by atoms with Gasteiger partial charge in [0.2, 0.25) is 5.97 Å². The number of hydrogen-bond acceptors (Lipinski definition) is 4. The maximum absolute atomic E-state index is 13.4. The molecule has 0 aliphatic carbocycles. The Balaban J connectivity index is 1.75. The fourth-order valence-electron chi connectivity index (χ4n) is 4.06. The van der Waals surface area contributed by atoms with Gasteiger partial charge in [-0.3, -0.25) is 5.41 Å². The van der Waals surface area contributed by atoms with Crippen LogP contribution >= 0.6 is 0 Å². The van der Waals surface area contributed by atoms with Crippen molar-refractivity contribution in [1.82, 2.24) is 5.32 Å². The topological polar surface area (TPSA) is 71.1 Å². The molecule has 2 aromatic rings. The van der Waals surface area contributed by atoms with Crippen LogP contribution in [0.2, 0.25) is 0 Å². The van der Waals surface area contributed by atoms with Gasteiger partial charge in [-0.05, 0) is 55.5 Å². The fourth-order valence-corrected chi connectivity index (χ4v) is 4.06. The number of ether oxygens (including phenoxy) is 1. The van der Waals surface area contributed by atoms with Crippen LogP contribution in [0.25, 0.3) is 0 Å². The summed E-state index contributed by atoms with van der Waals surface area (Å²) in [6, 6.07) is 6.15. The van der Waals surface area contributed by atoms with Crippen LogP contribution in [0.5, 0.6) is 5.75 Å². The van der Waals surface area contributed by atoms with Crippen molar-refractivity contribution in [2.75, 3.05) is 12.3 Å². The summed E-state index contributed by atoms with van der Waals surface area (Å²) in [6.45, 7) is 1.82. The zero-order valence-electron chi connectivity index (χ0n) is 17.4. The zero-order chi connectivity index (χ0) is 24.6. The van der Waals surface area contributed by atoms with Gasteiger partial charge in [0.1, 0.15) is 12.4 Å². The predicted octanol–water partition coefficient (Wildman–Crippen LogP) is 5.90. The Morgan fingerprint density at radius 3 is 2.24 bits per heavy atom. The predicted molar refractivity (Wildman–Crippen MR) is 109 cm³/mol. The van der Waals surface area contributed by atoms with E-state index in [4.69, 9.17) is 15.9 Å². The lowest BCUT2D eigenvalue weighted by Gasteiger charge is -2.35. The molecule has 33 heavy (non-hydrogen) atoms. The normalized spacial score (nSPS) is 21.6. The van der Waals surface area contributed by atoms with Crippen molar-refractivity contribution < 1.29 is 35.5 Å². The van der Waals surface area contributed by atoms with Gasteiger partial charge in [0.05, 0.1) is 22.4 Å². The average Bonchev–Trinajstić information content (AvgIpc) is 2.71. The highest BCUT2D eigenvalue weighted by atomic mass is 19.4. The van der Waals surface area contributed by atoms with Crippen LogP contribution in [0.3, 0.4) is 0 Å². The summed E-state index contributed by atoms with van der Waals surface area (Å²) in [5.41, 5.74) is 2.45. The Bertz CT molecular complexity index is 1000. The van der Waals surface area contributed by atoms with Gasteiger partial charge in [-0.25, -0.2) is 0 Å². The summed E-state index contributed by atoms with van der Waals surface area (Å²) in [4.78, 5) is 0. The molecule has 11 heteroatoms. The molecule has 0 spiro atoms. The van der Waals surface area contributed by atoms with Crippen molar-refractivity contribution in [1.29, 1.82) is 5.41 Å². The molecule has 0 bridgehead atoms. The lowest BCUT2D eigenvalue weighted by molar-refractivity contribution is -0.138. The molecule has 0 saturated carbocycles. The summed E-state index contributed by atoms with van der Waals surface area (Å²) in [7, 11) is 0. The second kappa shape index (κ2) is 9.20. The van der Waals surface area contributed by atoms with Crippen molar-refractivity contribution >= 4 is 11.7 Å². The first kappa shape index (κ1) is 24.8. The van der Waals surface area contributed by atoms with E-state index in [2.05, 4.69) is 5.32 Å². The van der Waals surface area contributed by atoms with Gasteiger partial charge < -0.3 is 15.8 Å². The first-order valence-electron chi connectivity index (χ1n) is 10.1. The second-order valence-electron chi connectivity index (χ2n) is 8.11. The summed E-state index contributed by atoms with van der Waals surface area (Å²) in [6.07, 6.45) is -8.16. The van der Waals surface area contributed by atoms with Crippen LogP contribution in [-0.4, -0.2) is 24.7 Å². The minimum Gasteiger partial charge on any atom is -0.492 e. The SMILES string of the molecule is CC1CC(c2ccc(C(F)(F)F)cc2)CC(COc2cc(C(=N)F)c(N)c(C(F)(F)F)c2)N1. The largest absolute Gasteiger partial charge is 0.492 e. The molecule has 180 valence electrons. The number of nitrogens with one attached hydrogen (secondary N) is 2. The van der Waals surface area contributed by atoms with Gasteiger partial charge in [0.15, 0.2) is 0 Å². The molecule has 4 nitrogen and oxygen atoms in total. The van der Waals surface area contributed by atoms with E-state index in [0.29, 0.717) is 18.9 Å². The number of hydrogen-bond donors (Lipinski definition) is 3. The first-order chi connectivity index (χ1) is 15.3. The molecule has 3 rings (SSSR count). The summed E-state index contributed by atoms with van der Waals surface area (Å²) >= 11 is 0. The molecule has 1 aliphatic heterocycles. The van der Waals surface area contributed by atoms with Crippen LogP contribution in [0.15, 0.2) is 36.4 Å². The maximum Gasteiger partial charge on any atom is 0.418 e. The Labute approximate surface area is 185 Å². The Morgan fingerprint density at radius 2 is 1.70 bits per heavy atom. The van der Waals surface area contributed by atoms with Crippen molar-refractivity contribution in [3.63, 3.8) is 0 Å². The van der Waals surface area contributed by atoms with E-state index >= 15 is 0 Å². The number of benzene rings is 2. The van der Waals surface area contributed by atoms with Crippen LogP contribution in [0.4, 0.5) is 36.4 Å².